The van der Waals surface area contributed by atoms with E-state index in [0.717, 1.165) is 30.9 Å². The maximum Gasteiger partial charge on any atom is 0.122 e. The van der Waals surface area contributed by atoms with E-state index in [1.54, 1.807) is 11.3 Å². The van der Waals surface area contributed by atoms with Crippen LogP contribution in [0.3, 0.4) is 0 Å². The lowest BCUT2D eigenvalue weighted by molar-refractivity contribution is 0.111. The molecule has 2 atom stereocenters. The summed E-state index contributed by atoms with van der Waals surface area (Å²) >= 11 is 1.74. The van der Waals surface area contributed by atoms with Crippen LogP contribution in [-0.4, -0.2) is 17.6 Å². The van der Waals surface area contributed by atoms with Gasteiger partial charge in [-0.25, -0.2) is 4.98 Å². The highest BCUT2D eigenvalue weighted by atomic mass is 32.1. The molecule has 0 saturated carbocycles. The molecule has 2 heterocycles. The van der Waals surface area contributed by atoms with Crippen LogP contribution in [0.5, 0.6) is 0 Å². The average Bonchev–Trinajstić information content (AvgIpc) is 2.69. The zero-order valence-electron chi connectivity index (χ0n) is 8.40. The van der Waals surface area contributed by atoms with Crippen molar-refractivity contribution in [3.8, 4) is 0 Å². The van der Waals surface area contributed by atoms with Crippen molar-refractivity contribution >= 4 is 11.3 Å². The molecule has 1 aromatic heterocycles. The van der Waals surface area contributed by atoms with E-state index in [4.69, 9.17) is 10.5 Å². The van der Waals surface area contributed by atoms with Crippen molar-refractivity contribution in [1.29, 1.82) is 0 Å². The molecule has 1 aliphatic heterocycles. The Morgan fingerprint density at radius 2 is 2.64 bits per heavy atom. The first-order valence-corrected chi connectivity index (χ1v) is 5.89. The Balaban J connectivity index is 2.01. The highest BCUT2D eigenvalue weighted by molar-refractivity contribution is 7.11. The molecule has 0 spiro atoms. The molecule has 1 saturated heterocycles. The van der Waals surface area contributed by atoms with Crippen molar-refractivity contribution in [2.75, 3.05) is 6.61 Å². The molecule has 0 aliphatic carbocycles. The molecule has 0 bridgehead atoms. The Bertz CT molecular complexity index is 292. The third-order valence-electron chi connectivity index (χ3n) is 2.30. The van der Waals surface area contributed by atoms with Gasteiger partial charge in [-0.05, 0) is 26.2 Å². The van der Waals surface area contributed by atoms with Crippen LogP contribution in [0.1, 0.15) is 35.8 Å². The monoisotopic (exact) mass is 212 g/mol. The number of nitrogens with zero attached hydrogens (tertiary/aromatic N) is 1. The number of hydrogen-bond acceptors (Lipinski definition) is 4. The minimum Gasteiger partial charge on any atom is -0.371 e. The minimum absolute atomic E-state index is 0.216. The largest absolute Gasteiger partial charge is 0.371 e. The fraction of sp³-hybridized carbons (Fsp3) is 0.700. The summed E-state index contributed by atoms with van der Waals surface area (Å²) in [5.74, 6) is 0. The quantitative estimate of drug-likeness (QED) is 0.832. The van der Waals surface area contributed by atoms with Crippen LogP contribution >= 0.6 is 11.3 Å². The maximum atomic E-state index is 5.73. The summed E-state index contributed by atoms with van der Waals surface area (Å²) < 4.78 is 5.57. The normalized spacial score (nSPS) is 24.0. The van der Waals surface area contributed by atoms with Crippen LogP contribution in [0, 0.1) is 0 Å². The number of hydrogen-bond donors (Lipinski definition) is 1. The van der Waals surface area contributed by atoms with Crippen LogP contribution < -0.4 is 5.73 Å². The first-order chi connectivity index (χ1) is 6.75. The van der Waals surface area contributed by atoms with Crippen molar-refractivity contribution in [3.63, 3.8) is 0 Å². The van der Waals surface area contributed by atoms with Gasteiger partial charge in [-0.15, -0.1) is 11.3 Å². The van der Waals surface area contributed by atoms with Gasteiger partial charge in [0.15, 0.2) is 0 Å². The summed E-state index contributed by atoms with van der Waals surface area (Å²) in [6.45, 7) is 2.90. The predicted octanol–water partition coefficient (Wildman–Crippen LogP) is 1.88. The predicted molar refractivity (Wildman–Crippen MR) is 57.4 cm³/mol. The Morgan fingerprint density at radius 1 is 1.79 bits per heavy atom. The molecule has 78 valence electrons. The summed E-state index contributed by atoms with van der Waals surface area (Å²) in [6, 6.07) is 0.216. The van der Waals surface area contributed by atoms with Gasteiger partial charge in [-0.1, -0.05) is 0 Å². The van der Waals surface area contributed by atoms with Crippen LogP contribution in [0.2, 0.25) is 0 Å². The first kappa shape index (κ1) is 10.1. The fourth-order valence-corrected chi connectivity index (χ4v) is 2.80. The Morgan fingerprint density at radius 3 is 3.29 bits per heavy atom. The summed E-state index contributed by atoms with van der Waals surface area (Å²) in [5, 5.41) is 1.12. The lowest BCUT2D eigenvalue weighted by Gasteiger charge is -2.03. The van der Waals surface area contributed by atoms with Crippen molar-refractivity contribution in [2.45, 2.75) is 38.3 Å². The molecular formula is C10H16N2OS. The summed E-state index contributed by atoms with van der Waals surface area (Å²) in [6.07, 6.45) is 5.38. The van der Waals surface area contributed by atoms with Gasteiger partial charge in [0.1, 0.15) is 11.1 Å². The van der Waals surface area contributed by atoms with E-state index in [2.05, 4.69) is 4.98 Å². The topological polar surface area (TPSA) is 48.1 Å². The van der Waals surface area contributed by atoms with Crippen LogP contribution in [0.4, 0.5) is 0 Å². The molecule has 4 heteroatoms. The molecule has 2 N–H and O–H groups in total. The lowest BCUT2D eigenvalue weighted by Crippen LogP contribution is -2.16. The lowest BCUT2D eigenvalue weighted by atomic mass is 10.2. The van der Waals surface area contributed by atoms with Gasteiger partial charge < -0.3 is 10.5 Å². The van der Waals surface area contributed by atoms with E-state index in [1.807, 2.05) is 13.1 Å². The molecule has 3 nitrogen and oxygen atoms in total. The minimum atomic E-state index is 0.216. The molecule has 2 unspecified atom stereocenters. The van der Waals surface area contributed by atoms with Crippen LogP contribution in [-0.2, 0) is 11.2 Å². The summed E-state index contributed by atoms with van der Waals surface area (Å²) in [7, 11) is 0. The second kappa shape index (κ2) is 4.38. The van der Waals surface area contributed by atoms with Crippen molar-refractivity contribution in [3.05, 3.63) is 16.1 Å². The number of thiazole rings is 1. The smallest absolute Gasteiger partial charge is 0.122 e. The van der Waals surface area contributed by atoms with Gasteiger partial charge in [-0.2, -0.15) is 0 Å². The van der Waals surface area contributed by atoms with E-state index < -0.39 is 0 Å². The number of ether oxygens (including phenoxy) is 1. The van der Waals surface area contributed by atoms with Crippen LogP contribution in [0.25, 0.3) is 0 Å². The molecule has 0 aromatic carbocycles. The van der Waals surface area contributed by atoms with Gasteiger partial charge >= 0.3 is 0 Å². The Hall–Kier alpha value is -0.450. The first-order valence-electron chi connectivity index (χ1n) is 5.07. The molecule has 1 aliphatic rings. The van der Waals surface area contributed by atoms with E-state index in [1.165, 1.54) is 4.88 Å². The Labute approximate surface area is 88.3 Å². The van der Waals surface area contributed by atoms with Gasteiger partial charge in [0.2, 0.25) is 0 Å². The zero-order valence-corrected chi connectivity index (χ0v) is 9.22. The fourth-order valence-electron chi connectivity index (χ4n) is 1.66. The molecule has 14 heavy (non-hydrogen) atoms. The molecule has 0 radical (unpaired) electrons. The van der Waals surface area contributed by atoms with E-state index in [0.29, 0.717) is 0 Å². The van der Waals surface area contributed by atoms with Crippen molar-refractivity contribution in [1.82, 2.24) is 4.98 Å². The number of nitrogens with two attached hydrogens (primary N) is 1. The number of rotatable bonds is 3. The van der Waals surface area contributed by atoms with E-state index >= 15 is 0 Å². The van der Waals surface area contributed by atoms with Gasteiger partial charge in [-0.3, -0.25) is 0 Å². The van der Waals surface area contributed by atoms with Gasteiger partial charge in [0.05, 0.1) is 0 Å². The SMILES string of the molecule is CC(N)Cc1cnc(C2CCCO2)s1. The molecular weight excluding hydrogens is 196 g/mol. The number of aromatic nitrogens is 1. The molecule has 1 fully saturated rings. The molecule has 1 aromatic rings. The summed E-state index contributed by atoms with van der Waals surface area (Å²) in [5.41, 5.74) is 5.73. The maximum absolute atomic E-state index is 5.73. The average molecular weight is 212 g/mol. The van der Waals surface area contributed by atoms with Gasteiger partial charge in [0, 0.05) is 23.7 Å². The van der Waals surface area contributed by atoms with E-state index in [9.17, 15) is 0 Å². The van der Waals surface area contributed by atoms with Gasteiger partial charge in [0.25, 0.3) is 0 Å². The second-order valence-corrected chi connectivity index (χ2v) is 4.99. The Kier molecular flexibility index (Phi) is 3.15. The molecule has 2 rings (SSSR count). The molecule has 0 amide bonds. The third kappa shape index (κ3) is 2.32. The second-order valence-electron chi connectivity index (χ2n) is 3.85. The highest BCUT2D eigenvalue weighted by Gasteiger charge is 2.20. The zero-order chi connectivity index (χ0) is 9.97. The standard InChI is InChI=1S/C10H16N2OS/c1-7(11)5-8-6-12-10(14-8)9-3-2-4-13-9/h6-7,9H,2-5,11H2,1H3. The van der Waals surface area contributed by atoms with Crippen LogP contribution in [0.15, 0.2) is 6.20 Å². The van der Waals surface area contributed by atoms with Crippen molar-refractivity contribution in [2.24, 2.45) is 5.73 Å². The van der Waals surface area contributed by atoms with E-state index in [-0.39, 0.29) is 12.1 Å². The highest BCUT2D eigenvalue weighted by Crippen LogP contribution is 2.31. The van der Waals surface area contributed by atoms with Crippen molar-refractivity contribution < 1.29 is 4.74 Å². The summed E-state index contributed by atoms with van der Waals surface area (Å²) in [4.78, 5) is 5.66. The third-order valence-corrected chi connectivity index (χ3v) is 3.41.